The monoisotopic (exact) mass is 368 g/mol. The standard InChI is InChI=1S/C21H24N2O4/c1-13(2)19-7-6-16(8-14(19)3)26-12-20-22-21(27-23-20)15-9-17(24-4)11-18(10-15)25-5/h6-11,13H,12H2,1-5H3. The third kappa shape index (κ3) is 4.39. The zero-order chi connectivity index (χ0) is 19.4. The summed E-state index contributed by atoms with van der Waals surface area (Å²) in [4.78, 5) is 4.40. The Labute approximate surface area is 159 Å². The van der Waals surface area contributed by atoms with Gasteiger partial charge in [0, 0.05) is 11.6 Å². The van der Waals surface area contributed by atoms with Crippen LogP contribution in [0.5, 0.6) is 17.2 Å². The first-order valence-electron chi connectivity index (χ1n) is 8.79. The third-order valence-corrected chi connectivity index (χ3v) is 4.30. The SMILES string of the molecule is COc1cc(OC)cc(-c2nc(COc3ccc(C(C)C)c(C)c3)no2)c1. The van der Waals surface area contributed by atoms with E-state index in [2.05, 4.69) is 37.0 Å². The molecule has 0 atom stereocenters. The van der Waals surface area contributed by atoms with Gasteiger partial charge < -0.3 is 18.7 Å². The van der Waals surface area contributed by atoms with Gasteiger partial charge in [-0.3, -0.25) is 0 Å². The summed E-state index contributed by atoms with van der Waals surface area (Å²) in [6.07, 6.45) is 0. The Hall–Kier alpha value is -3.02. The van der Waals surface area contributed by atoms with Crippen LogP contribution in [0.3, 0.4) is 0 Å². The fourth-order valence-corrected chi connectivity index (χ4v) is 2.89. The Morgan fingerprint density at radius 3 is 2.26 bits per heavy atom. The van der Waals surface area contributed by atoms with E-state index < -0.39 is 0 Å². The molecule has 0 spiro atoms. The van der Waals surface area contributed by atoms with Crippen LogP contribution in [0.2, 0.25) is 0 Å². The summed E-state index contributed by atoms with van der Waals surface area (Å²) >= 11 is 0. The van der Waals surface area contributed by atoms with Crippen molar-refractivity contribution in [3.63, 3.8) is 0 Å². The summed E-state index contributed by atoms with van der Waals surface area (Å²) in [6.45, 7) is 6.67. The van der Waals surface area contributed by atoms with Crippen molar-refractivity contribution in [2.75, 3.05) is 14.2 Å². The van der Waals surface area contributed by atoms with E-state index in [1.807, 2.05) is 24.3 Å². The minimum atomic E-state index is 0.227. The predicted molar refractivity (Wildman–Crippen MR) is 102 cm³/mol. The molecule has 0 aliphatic rings. The first-order chi connectivity index (χ1) is 13.0. The maximum Gasteiger partial charge on any atom is 0.258 e. The summed E-state index contributed by atoms with van der Waals surface area (Å²) in [5.74, 6) is 3.43. The van der Waals surface area contributed by atoms with Crippen molar-refractivity contribution in [1.29, 1.82) is 0 Å². The molecule has 0 radical (unpaired) electrons. The summed E-state index contributed by atoms with van der Waals surface area (Å²) in [5.41, 5.74) is 3.25. The fourth-order valence-electron chi connectivity index (χ4n) is 2.89. The molecule has 1 aromatic heterocycles. The van der Waals surface area contributed by atoms with E-state index in [1.54, 1.807) is 20.3 Å². The molecule has 3 rings (SSSR count). The van der Waals surface area contributed by atoms with Gasteiger partial charge in [-0.2, -0.15) is 4.98 Å². The molecule has 27 heavy (non-hydrogen) atoms. The molecule has 0 saturated heterocycles. The molecule has 0 aliphatic heterocycles. The minimum Gasteiger partial charge on any atom is -0.497 e. The van der Waals surface area contributed by atoms with Crippen molar-refractivity contribution in [2.24, 2.45) is 0 Å². The van der Waals surface area contributed by atoms with Crippen molar-refractivity contribution >= 4 is 0 Å². The van der Waals surface area contributed by atoms with Crippen LogP contribution >= 0.6 is 0 Å². The quantitative estimate of drug-likeness (QED) is 0.599. The van der Waals surface area contributed by atoms with Crippen LogP contribution in [0.15, 0.2) is 40.9 Å². The molecular formula is C21H24N2O4. The number of aromatic nitrogens is 2. The van der Waals surface area contributed by atoms with Gasteiger partial charge in [-0.05, 0) is 48.2 Å². The summed E-state index contributed by atoms with van der Waals surface area (Å²) in [7, 11) is 3.19. The lowest BCUT2D eigenvalue weighted by molar-refractivity contribution is 0.287. The second kappa shape index (κ2) is 8.12. The molecule has 0 unspecified atom stereocenters. The maximum absolute atomic E-state index is 5.81. The molecule has 0 fully saturated rings. The number of hydrogen-bond acceptors (Lipinski definition) is 6. The van der Waals surface area contributed by atoms with Crippen molar-refractivity contribution in [1.82, 2.24) is 10.1 Å². The average molecular weight is 368 g/mol. The van der Waals surface area contributed by atoms with Crippen molar-refractivity contribution in [3.05, 3.63) is 53.3 Å². The molecule has 0 amide bonds. The molecular weight excluding hydrogens is 344 g/mol. The first-order valence-corrected chi connectivity index (χ1v) is 8.79. The van der Waals surface area contributed by atoms with Crippen LogP contribution in [-0.2, 0) is 6.61 Å². The van der Waals surface area contributed by atoms with E-state index in [1.165, 1.54) is 11.1 Å². The van der Waals surface area contributed by atoms with E-state index in [4.69, 9.17) is 18.7 Å². The van der Waals surface area contributed by atoms with Crippen LogP contribution in [0.1, 0.15) is 36.7 Å². The lowest BCUT2D eigenvalue weighted by Crippen LogP contribution is -1.99. The normalized spacial score (nSPS) is 10.9. The van der Waals surface area contributed by atoms with Crippen LogP contribution in [0.4, 0.5) is 0 Å². The highest BCUT2D eigenvalue weighted by molar-refractivity contribution is 5.59. The van der Waals surface area contributed by atoms with E-state index in [0.29, 0.717) is 29.1 Å². The Morgan fingerprint density at radius 1 is 0.963 bits per heavy atom. The minimum absolute atomic E-state index is 0.227. The highest BCUT2D eigenvalue weighted by Crippen LogP contribution is 2.29. The Kier molecular flexibility index (Phi) is 5.64. The number of rotatable bonds is 7. The van der Waals surface area contributed by atoms with Crippen LogP contribution in [0, 0.1) is 6.92 Å². The predicted octanol–water partition coefficient (Wildman–Crippen LogP) is 4.76. The molecule has 6 heteroatoms. The van der Waals surface area contributed by atoms with Gasteiger partial charge in [0.25, 0.3) is 5.89 Å². The average Bonchev–Trinajstić information content (AvgIpc) is 3.14. The van der Waals surface area contributed by atoms with E-state index in [0.717, 1.165) is 11.3 Å². The number of methoxy groups -OCH3 is 2. The van der Waals surface area contributed by atoms with Crippen LogP contribution in [-0.4, -0.2) is 24.4 Å². The molecule has 0 aliphatic carbocycles. The molecule has 142 valence electrons. The topological polar surface area (TPSA) is 66.6 Å². The summed E-state index contributed by atoms with van der Waals surface area (Å²) < 4.78 is 21.7. The highest BCUT2D eigenvalue weighted by Gasteiger charge is 2.13. The van der Waals surface area contributed by atoms with E-state index in [9.17, 15) is 0 Å². The third-order valence-electron chi connectivity index (χ3n) is 4.30. The van der Waals surface area contributed by atoms with Gasteiger partial charge in [0.15, 0.2) is 6.61 Å². The highest BCUT2D eigenvalue weighted by atomic mass is 16.5. The fraction of sp³-hybridized carbons (Fsp3) is 0.333. The van der Waals surface area contributed by atoms with Gasteiger partial charge in [-0.15, -0.1) is 0 Å². The number of ether oxygens (including phenoxy) is 3. The van der Waals surface area contributed by atoms with Gasteiger partial charge >= 0.3 is 0 Å². The Morgan fingerprint density at radius 2 is 1.67 bits per heavy atom. The van der Waals surface area contributed by atoms with E-state index in [-0.39, 0.29) is 6.61 Å². The lowest BCUT2D eigenvalue weighted by atomic mass is 9.98. The molecule has 2 aromatic carbocycles. The van der Waals surface area contributed by atoms with Crippen LogP contribution < -0.4 is 14.2 Å². The van der Waals surface area contributed by atoms with Crippen molar-refractivity contribution < 1.29 is 18.7 Å². The smallest absolute Gasteiger partial charge is 0.258 e. The Bertz CT molecular complexity index is 896. The molecule has 0 bridgehead atoms. The van der Waals surface area contributed by atoms with Gasteiger partial charge in [-0.25, -0.2) is 0 Å². The number of aryl methyl sites for hydroxylation is 1. The van der Waals surface area contributed by atoms with Gasteiger partial charge in [0.2, 0.25) is 5.82 Å². The number of benzene rings is 2. The number of hydrogen-bond donors (Lipinski definition) is 0. The van der Waals surface area contributed by atoms with E-state index >= 15 is 0 Å². The zero-order valence-electron chi connectivity index (χ0n) is 16.3. The largest absolute Gasteiger partial charge is 0.497 e. The van der Waals surface area contributed by atoms with Crippen molar-refractivity contribution in [2.45, 2.75) is 33.3 Å². The second-order valence-corrected chi connectivity index (χ2v) is 6.58. The second-order valence-electron chi connectivity index (χ2n) is 6.58. The molecule has 0 N–H and O–H groups in total. The zero-order valence-corrected chi connectivity index (χ0v) is 16.3. The summed E-state index contributed by atoms with van der Waals surface area (Å²) in [5, 5.41) is 3.99. The maximum atomic E-state index is 5.81. The van der Waals surface area contributed by atoms with Crippen LogP contribution in [0.25, 0.3) is 11.5 Å². The molecule has 0 saturated carbocycles. The summed E-state index contributed by atoms with van der Waals surface area (Å²) in [6, 6.07) is 11.5. The first kappa shape index (κ1) is 18.8. The van der Waals surface area contributed by atoms with Gasteiger partial charge in [-0.1, -0.05) is 25.1 Å². The van der Waals surface area contributed by atoms with Gasteiger partial charge in [0.05, 0.1) is 14.2 Å². The molecule has 1 heterocycles. The van der Waals surface area contributed by atoms with Crippen molar-refractivity contribution in [3.8, 4) is 28.7 Å². The number of nitrogens with zero attached hydrogens (tertiary/aromatic N) is 2. The Balaban J connectivity index is 1.72. The van der Waals surface area contributed by atoms with Gasteiger partial charge in [0.1, 0.15) is 17.2 Å². The molecule has 6 nitrogen and oxygen atoms in total. The molecule has 3 aromatic rings. The lowest BCUT2D eigenvalue weighted by Gasteiger charge is -2.11.